The zero-order valence-corrected chi connectivity index (χ0v) is 23.4. The molecule has 2 heterocycles. The average Bonchev–Trinajstić information content (AvgIpc) is 3.16. The van der Waals surface area contributed by atoms with E-state index in [4.69, 9.17) is 14.2 Å². The molecule has 8 heteroatoms. The van der Waals surface area contributed by atoms with E-state index in [1.54, 1.807) is 30.5 Å². The Morgan fingerprint density at radius 3 is 2.18 bits per heavy atom. The highest BCUT2D eigenvalue weighted by Gasteiger charge is 2.47. The first-order chi connectivity index (χ1) is 18.5. The van der Waals surface area contributed by atoms with Crippen molar-refractivity contribution in [3.05, 3.63) is 88.2 Å². The summed E-state index contributed by atoms with van der Waals surface area (Å²) in [4.78, 5) is 32.9. The number of likely N-dealkylation sites (tertiary alicyclic amines) is 1. The number of ether oxygens (including phenoxy) is 3. The average molecular weight is 531 g/mol. The number of hydrogen-bond donors (Lipinski definition) is 1. The van der Waals surface area contributed by atoms with Gasteiger partial charge in [0.15, 0.2) is 11.5 Å². The van der Waals surface area contributed by atoms with Crippen LogP contribution in [0.3, 0.4) is 0 Å². The summed E-state index contributed by atoms with van der Waals surface area (Å²) in [7, 11) is 4.48. The number of ketones is 1. The molecule has 1 aromatic heterocycles. The number of nitrogens with zero attached hydrogens (tertiary/aromatic N) is 2. The minimum atomic E-state index is -0.932. The maximum Gasteiger partial charge on any atom is 0.296 e. The molecule has 2 aromatic carbocycles. The summed E-state index contributed by atoms with van der Waals surface area (Å²) in [5.74, 6) is -0.644. The van der Waals surface area contributed by atoms with E-state index in [0.29, 0.717) is 34.1 Å². The molecule has 1 fully saturated rings. The van der Waals surface area contributed by atoms with Crippen LogP contribution >= 0.6 is 0 Å². The van der Waals surface area contributed by atoms with Gasteiger partial charge in [0.1, 0.15) is 5.76 Å². The van der Waals surface area contributed by atoms with Gasteiger partial charge in [-0.05, 0) is 59.4 Å². The summed E-state index contributed by atoms with van der Waals surface area (Å²) in [5.41, 5.74) is 3.18. The summed E-state index contributed by atoms with van der Waals surface area (Å²) in [6, 6.07) is 13.6. The van der Waals surface area contributed by atoms with Crippen LogP contribution in [0.1, 0.15) is 54.8 Å². The lowest BCUT2D eigenvalue weighted by molar-refractivity contribution is -0.140. The second-order valence-corrected chi connectivity index (χ2v) is 10.5. The standard InChI is InChI=1S/C31H34N2O6/c1-18-11-12-20(31(2,3)4)16-22(18)27(34)25-26(19-14-23(37-5)29(39-7)24(15-19)38-6)33(30(36)28(25)35)17-21-10-8-9-13-32-21/h8-16,26,34H,17H2,1-7H3/b27-25+. The smallest absolute Gasteiger partial charge is 0.296 e. The number of carbonyl (C=O) groups is 2. The minimum Gasteiger partial charge on any atom is -0.507 e. The van der Waals surface area contributed by atoms with Crippen LogP contribution in [0.2, 0.25) is 0 Å². The maximum absolute atomic E-state index is 13.6. The molecular formula is C31H34N2O6. The number of aliphatic hydroxyl groups excluding tert-OH is 1. The zero-order valence-electron chi connectivity index (χ0n) is 23.4. The first kappa shape index (κ1) is 27.7. The normalized spacial score (nSPS) is 16.9. The van der Waals surface area contributed by atoms with Crippen LogP contribution in [0.25, 0.3) is 5.76 Å². The molecule has 0 bridgehead atoms. The Bertz CT molecular complexity index is 1410. The number of aryl methyl sites for hydroxylation is 1. The third-order valence-electron chi connectivity index (χ3n) is 6.96. The van der Waals surface area contributed by atoms with E-state index in [2.05, 4.69) is 25.8 Å². The van der Waals surface area contributed by atoms with Crippen LogP contribution < -0.4 is 14.2 Å². The molecule has 204 valence electrons. The number of aliphatic hydroxyl groups is 1. The third-order valence-corrected chi connectivity index (χ3v) is 6.96. The molecule has 1 unspecified atom stereocenters. The van der Waals surface area contributed by atoms with E-state index in [9.17, 15) is 14.7 Å². The summed E-state index contributed by atoms with van der Waals surface area (Å²) in [5, 5.41) is 11.7. The van der Waals surface area contributed by atoms with Gasteiger partial charge in [-0.2, -0.15) is 0 Å². The molecule has 1 atom stereocenters. The highest BCUT2D eigenvalue weighted by Crippen LogP contribution is 2.46. The van der Waals surface area contributed by atoms with E-state index in [0.717, 1.165) is 11.1 Å². The molecule has 1 aliphatic heterocycles. The highest BCUT2D eigenvalue weighted by molar-refractivity contribution is 6.46. The fraction of sp³-hybridized carbons (Fsp3) is 0.323. The first-order valence-corrected chi connectivity index (χ1v) is 12.6. The molecule has 1 aliphatic rings. The van der Waals surface area contributed by atoms with Crippen LogP contribution in [-0.4, -0.2) is 48.0 Å². The number of carbonyl (C=O) groups excluding carboxylic acids is 2. The Balaban J connectivity index is 1.99. The summed E-state index contributed by atoms with van der Waals surface area (Å²) in [6.07, 6.45) is 1.63. The van der Waals surface area contributed by atoms with Crippen molar-refractivity contribution in [1.29, 1.82) is 0 Å². The van der Waals surface area contributed by atoms with Gasteiger partial charge in [0.2, 0.25) is 5.75 Å². The maximum atomic E-state index is 13.6. The van der Waals surface area contributed by atoms with Gasteiger partial charge in [-0.25, -0.2) is 0 Å². The Morgan fingerprint density at radius 1 is 0.974 bits per heavy atom. The molecular weight excluding hydrogens is 496 g/mol. The fourth-order valence-corrected chi connectivity index (χ4v) is 4.80. The van der Waals surface area contributed by atoms with Crippen molar-refractivity contribution in [1.82, 2.24) is 9.88 Å². The monoisotopic (exact) mass is 530 g/mol. The molecule has 0 radical (unpaired) electrons. The second kappa shape index (κ2) is 10.8. The van der Waals surface area contributed by atoms with Crippen molar-refractivity contribution in [2.24, 2.45) is 0 Å². The number of benzene rings is 2. The van der Waals surface area contributed by atoms with Crippen molar-refractivity contribution in [3.63, 3.8) is 0 Å². The van der Waals surface area contributed by atoms with E-state index in [1.807, 2.05) is 31.2 Å². The molecule has 39 heavy (non-hydrogen) atoms. The van der Waals surface area contributed by atoms with Crippen molar-refractivity contribution in [2.45, 2.75) is 45.7 Å². The molecule has 1 saturated heterocycles. The van der Waals surface area contributed by atoms with Crippen molar-refractivity contribution in [2.75, 3.05) is 21.3 Å². The van der Waals surface area contributed by atoms with Gasteiger partial charge in [-0.15, -0.1) is 0 Å². The van der Waals surface area contributed by atoms with Crippen LogP contribution in [0.15, 0.2) is 60.3 Å². The summed E-state index contributed by atoms with van der Waals surface area (Å²) < 4.78 is 16.6. The van der Waals surface area contributed by atoms with Crippen LogP contribution in [0.4, 0.5) is 0 Å². The SMILES string of the molecule is COc1cc(C2/C(=C(\O)c3cc(C(C)(C)C)ccc3C)C(=O)C(=O)N2Cc2ccccn2)cc(OC)c1OC. The predicted molar refractivity (Wildman–Crippen MR) is 148 cm³/mol. The van der Waals surface area contributed by atoms with Gasteiger partial charge in [0, 0.05) is 11.8 Å². The summed E-state index contributed by atoms with van der Waals surface area (Å²) in [6.45, 7) is 8.14. The Hall–Kier alpha value is -4.33. The lowest BCUT2D eigenvalue weighted by Crippen LogP contribution is -2.29. The number of pyridine rings is 1. The van der Waals surface area contributed by atoms with E-state index < -0.39 is 17.7 Å². The number of Topliss-reactive ketones (excluding diaryl/α,β-unsaturated/α-hetero) is 1. The van der Waals surface area contributed by atoms with E-state index in [1.165, 1.54) is 26.2 Å². The Morgan fingerprint density at radius 2 is 1.64 bits per heavy atom. The molecule has 1 amide bonds. The van der Waals surface area contributed by atoms with E-state index in [-0.39, 0.29) is 23.3 Å². The van der Waals surface area contributed by atoms with Gasteiger partial charge in [-0.3, -0.25) is 14.6 Å². The quantitative estimate of drug-likeness (QED) is 0.250. The Labute approximate surface area is 228 Å². The van der Waals surface area contributed by atoms with Crippen molar-refractivity contribution in [3.8, 4) is 17.2 Å². The number of aromatic nitrogens is 1. The minimum absolute atomic E-state index is 0.0145. The number of methoxy groups -OCH3 is 3. The molecule has 0 spiro atoms. The van der Waals surface area contributed by atoms with Gasteiger partial charge in [0.25, 0.3) is 11.7 Å². The number of rotatable bonds is 7. The largest absolute Gasteiger partial charge is 0.507 e. The molecule has 1 N–H and O–H groups in total. The van der Waals surface area contributed by atoms with Gasteiger partial charge >= 0.3 is 0 Å². The van der Waals surface area contributed by atoms with E-state index >= 15 is 0 Å². The third kappa shape index (κ3) is 5.19. The first-order valence-electron chi connectivity index (χ1n) is 12.6. The number of amides is 1. The van der Waals surface area contributed by atoms with Crippen LogP contribution in [0, 0.1) is 6.92 Å². The second-order valence-electron chi connectivity index (χ2n) is 10.5. The van der Waals surface area contributed by atoms with Crippen LogP contribution in [0.5, 0.6) is 17.2 Å². The van der Waals surface area contributed by atoms with Gasteiger partial charge < -0.3 is 24.2 Å². The highest BCUT2D eigenvalue weighted by atomic mass is 16.5. The van der Waals surface area contributed by atoms with Crippen LogP contribution in [-0.2, 0) is 21.5 Å². The molecule has 4 rings (SSSR count). The molecule has 3 aromatic rings. The number of hydrogen-bond acceptors (Lipinski definition) is 7. The molecule has 0 saturated carbocycles. The Kier molecular flexibility index (Phi) is 7.67. The molecule has 8 nitrogen and oxygen atoms in total. The van der Waals surface area contributed by atoms with Gasteiger partial charge in [0.05, 0.1) is 45.2 Å². The summed E-state index contributed by atoms with van der Waals surface area (Å²) >= 11 is 0. The lowest BCUT2D eigenvalue weighted by Gasteiger charge is -2.26. The fourth-order valence-electron chi connectivity index (χ4n) is 4.80. The predicted octanol–water partition coefficient (Wildman–Crippen LogP) is 5.34. The molecule has 0 aliphatic carbocycles. The van der Waals surface area contributed by atoms with Crippen molar-refractivity contribution >= 4 is 17.4 Å². The lowest BCUT2D eigenvalue weighted by atomic mass is 9.84. The van der Waals surface area contributed by atoms with Gasteiger partial charge in [-0.1, -0.05) is 39.0 Å². The topological polar surface area (TPSA) is 98.2 Å². The van der Waals surface area contributed by atoms with Crippen molar-refractivity contribution < 1.29 is 28.9 Å². The zero-order chi connectivity index (χ0) is 28.5.